The minimum absolute atomic E-state index is 0.204. The van der Waals surface area contributed by atoms with Gasteiger partial charge in [0.05, 0.1) is 16.1 Å². The molecule has 1 amide bonds. The molecule has 5 nitrogen and oxygen atoms in total. The summed E-state index contributed by atoms with van der Waals surface area (Å²) in [7, 11) is -3.30. The van der Waals surface area contributed by atoms with Gasteiger partial charge in [0, 0.05) is 39.5 Å². The number of anilines is 1. The van der Waals surface area contributed by atoms with E-state index in [-0.39, 0.29) is 10.8 Å². The maximum Gasteiger partial charge on any atom is 0.257 e. The van der Waals surface area contributed by atoms with Crippen LogP contribution in [-0.2, 0) is 9.84 Å². The van der Waals surface area contributed by atoms with E-state index in [4.69, 9.17) is 11.6 Å². The van der Waals surface area contributed by atoms with Gasteiger partial charge >= 0.3 is 0 Å². The zero-order chi connectivity index (χ0) is 23.8. The summed E-state index contributed by atoms with van der Waals surface area (Å²) in [6.07, 6.45) is 1.15. The van der Waals surface area contributed by atoms with Crippen LogP contribution in [0.5, 0.6) is 0 Å². The van der Waals surface area contributed by atoms with E-state index in [0.29, 0.717) is 16.3 Å². The number of halogens is 1. The molecule has 3 aromatic carbocycles. The smallest absolute Gasteiger partial charge is 0.257 e. The van der Waals surface area contributed by atoms with Gasteiger partial charge in [-0.3, -0.25) is 4.79 Å². The van der Waals surface area contributed by atoms with Crippen molar-refractivity contribution in [1.82, 2.24) is 4.57 Å². The molecule has 7 heteroatoms. The summed E-state index contributed by atoms with van der Waals surface area (Å²) in [5.74, 6) is -0.267. The molecule has 1 heterocycles. The van der Waals surface area contributed by atoms with Crippen LogP contribution in [0.15, 0.2) is 83.8 Å². The molecule has 0 saturated carbocycles. The highest BCUT2D eigenvalue weighted by atomic mass is 35.5. The molecule has 0 radical (unpaired) electrons. The fraction of sp³-hybridized carbons (Fsp3) is 0.115. The van der Waals surface area contributed by atoms with E-state index in [2.05, 4.69) is 5.32 Å². The van der Waals surface area contributed by atoms with Gasteiger partial charge in [0.15, 0.2) is 9.84 Å². The first-order chi connectivity index (χ1) is 15.7. The molecule has 33 heavy (non-hydrogen) atoms. The van der Waals surface area contributed by atoms with Gasteiger partial charge in [0.1, 0.15) is 0 Å². The molecule has 0 aliphatic rings. The number of hydrogen-bond acceptors (Lipinski definition) is 3. The van der Waals surface area contributed by atoms with E-state index >= 15 is 0 Å². The third-order valence-corrected chi connectivity index (χ3v) is 6.98. The van der Waals surface area contributed by atoms with Crippen molar-refractivity contribution in [1.29, 1.82) is 0 Å². The predicted octanol–water partition coefficient (Wildman–Crippen LogP) is 6.07. The standard InChI is InChI=1S/C26H23ClN2O3S/c1-17-16-23(26(30)28-19-12-14-20(15-13-19)33(3,31)32)18(2)29(17)25-11-7-5-9-22(25)21-8-4-6-10-24(21)27/h4-16H,1-3H3,(H,28,30). The van der Waals surface area contributed by atoms with E-state index in [0.717, 1.165) is 34.5 Å². The average Bonchev–Trinajstić information content (AvgIpc) is 3.08. The molecule has 0 bridgehead atoms. The van der Waals surface area contributed by atoms with Crippen molar-refractivity contribution in [3.05, 3.63) is 101 Å². The van der Waals surface area contributed by atoms with Crippen LogP contribution in [0.25, 0.3) is 16.8 Å². The van der Waals surface area contributed by atoms with Gasteiger partial charge in [-0.2, -0.15) is 0 Å². The molecule has 0 aliphatic heterocycles. The molecule has 4 aromatic rings. The van der Waals surface area contributed by atoms with Crippen molar-refractivity contribution >= 4 is 33.0 Å². The number of carbonyl (C=O) groups excluding carboxylic acids is 1. The number of hydrogen-bond donors (Lipinski definition) is 1. The first-order valence-corrected chi connectivity index (χ1v) is 12.6. The van der Waals surface area contributed by atoms with Gasteiger partial charge in [-0.25, -0.2) is 8.42 Å². The largest absolute Gasteiger partial charge is 0.322 e. The van der Waals surface area contributed by atoms with Crippen LogP contribution in [0.2, 0.25) is 5.02 Å². The summed E-state index contributed by atoms with van der Waals surface area (Å²) in [6.45, 7) is 3.85. The zero-order valence-electron chi connectivity index (χ0n) is 18.5. The number of aromatic nitrogens is 1. The number of rotatable bonds is 5. The van der Waals surface area contributed by atoms with Crippen molar-refractivity contribution in [2.24, 2.45) is 0 Å². The Bertz CT molecular complexity index is 1460. The van der Waals surface area contributed by atoms with Crippen LogP contribution in [0, 0.1) is 13.8 Å². The van der Waals surface area contributed by atoms with Crippen LogP contribution in [0.4, 0.5) is 5.69 Å². The first kappa shape index (κ1) is 22.8. The highest BCUT2D eigenvalue weighted by molar-refractivity contribution is 7.90. The average molecular weight is 479 g/mol. The minimum Gasteiger partial charge on any atom is -0.322 e. The van der Waals surface area contributed by atoms with Gasteiger partial charge in [0.25, 0.3) is 5.91 Å². The predicted molar refractivity (Wildman–Crippen MR) is 133 cm³/mol. The van der Waals surface area contributed by atoms with Crippen molar-refractivity contribution in [2.45, 2.75) is 18.7 Å². The Hall–Kier alpha value is -3.35. The molecule has 0 unspecified atom stereocenters. The van der Waals surface area contributed by atoms with Crippen LogP contribution < -0.4 is 5.32 Å². The Morgan fingerprint density at radius 2 is 1.48 bits per heavy atom. The summed E-state index contributed by atoms with van der Waals surface area (Å²) in [4.78, 5) is 13.3. The Labute approximate surface area is 198 Å². The van der Waals surface area contributed by atoms with Crippen LogP contribution in [0.1, 0.15) is 21.7 Å². The Kier molecular flexibility index (Phi) is 6.15. The molecule has 168 valence electrons. The normalized spacial score (nSPS) is 11.4. The van der Waals surface area contributed by atoms with Crippen LogP contribution >= 0.6 is 11.6 Å². The molecule has 1 N–H and O–H groups in total. The Balaban J connectivity index is 1.70. The van der Waals surface area contributed by atoms with Crippen LogP contribution in [-0.4, -0.2) is 25.1 Å². The van der Waals surface area contributed by atoms with Gasteiger partial charge in [-0.15, -0.1) is 0 Å². The fourth-order valence-corrected chi connectivity index (χ4v) is 4.79. The Morgan fingerprint density at radius 3 is 2.12 bits per heavy atom. The molecule has 0 aliphatic carbocycles. The number of nitrogens with zero attached hydrogens (tertiary/aromatic N) is 1. The lowest BCUT2D eigenvalue weighted by Gasteiger charge is -2.16. The molecule has 0 fully saturated rings. The monoisotopic (exact) mass is 478 g/mol. The second kappa shape index (κ2) is 8.89. The van der Waals surface area contributed by atoms with E-state index in [1.165, 1.54) is 12.1 Å². The lowest BCUT2D eigenvalue weighted by molar-refractivity contribution is 0.102. The third kappa shape index (κ3) is 4.58. The van der Waals surface area contributed by atoms with Crippen molar-refractivity contribution in [3.63, 3.8) is 0 Å². The molecule has 1 aromatic heterocycles. The maximum atomic E-state index is 13.1. The summed E-state index contributed by atoms with van der Waals surface area (Å²) < 4.78 is 25.4. The molecular formula is C26H23ClN2O3S. The van der Waals surface area contributed by atoms with E-state index < -0.39 is 9.84 Å². The number of nitrogens with one attached hydrogen (secondary N) is 1. The van der Waals surface area contributed by atoms with Gasteiger partial charge in [-0.05, 0) is 56.3 Å². The van der Waals surface area contributed by atoms with Crippen LogP contribution in [0.3, 0.4) is 0 Å². The van der Waals surface area contributed by atoms with Gasteiger partial charge in [-0.1, -0.05) is 48.0 Å². The summed E-state index contributed by atoms with van der Waals surface area (Å²) in [5, 5.41) is 3.51. The highest BCUT2D eigenvalue weighted by Gasteiger charge is 2.19. The van der Waals surface area contributed by atoms with Gasteiger partial charge in [0.2, 0.25) is 0 Å². The first-order valence-electron chi connectivity index (χ1n) is 10.3. The van der Waals surface area contributed by atoms with Gasteiger partial charge < -0.3 is 9.88 Å². The molecular weight excluding hydrogens is 456 g/mol. The maximum absolute atomic E-state index is 13.1. The molecule has 0 spiro atoms. The van der Waals surface area contributed by atoms with E-state index in [1.807, 2.05) is 73.0 Å². The summed E-state index contributed by atoms with van der Waals surface area (Å²) in [6, 6.07) is 23.6. The lowest BCUT2D eigenvalue weighted by atomic mass is 10.0. The number of amides is 1. The SMILES string of the molecule is Cc1cc(C(=O)Nc2ccc(S(C)(=O)=O)cc2)c(C)n1-c1ccccc1-c1ccccc1Cl. The summed E-state index contributed by atoms with van der Waals surface area (Å²) in [5.41, 5.74) is 5.56. The number of benzene rings is 3. The third-order valence-electron chi connectivity index (χ3n) is 5.53. The molecule has 4 rings (SSSR count). The highest BCUT2D eigenvalue weighted by Crippen LogP contribution is 2.34. The fourth-order valence-electron chi connectivity index (χ4n) is 3.92. The molecule has 0 saturated heterocycles. The second-order valence-corrected chi connectivity index (χ2v) is 10.3. The Morgan fingerprint density at radius 1 is 0.879 bits per heavy atom. The van der Waals surface area contributed by atoms with Crippen molar-refractivity contribution < 1.29 is 13.2 Å². The number of carbonyl (C=O) groups is 1. The second-order valence-electron chi connectivity index (χ2n) is 7.87. The van der Waals surface area contributed by atoms with Crippen molar-refractivity contribution in [3.8, 4) is 16.8 Å². The van der Waals surface area contributed by atoms with E-state index in [1.54, 1.807) is 12.1 Å². The van der Waals surface area contributed by atoms with Crippen molar-refractivity contribution in [2.75, 3.05) is 11.6 Å². The zero-order valence-corrected chi connectivity index (χ0v) is 20.0. The minimum atomic E-state index is -3.30. The topological polar surface area (TPSA) is 68.2 Å². The van der Waals surface area contributed by atoms with E-state index in [9.17, 15) is 13.2 Å². The number of aryl methyl sites for hydroxylation is 1. The number of para-hydroxylation sites is 1. The quantitative estimate of drug-likeness (QED) is 0.378. The lowest BCUT2D eigenvalue weighted by Crippen LogP contribution is -2.13. The molecule has 0 atom stereocenters. The number of sulfone groups is 1. The summed E-state index contributed by atoms with van der Waals surface area (Å²) >= 11 is 6.47.